The molecule has 0 fully saturated rings. The SMILES string of the molecule is C#CC(C)NCc1cc(Br)nn1C. The average Bonchev–Trinajstić information content (AvgIpc) is 2.41. The van der Waals surface area contributed by atoms with Gasteiger partial charge in [-0.05, 0) is 28.9 Å². The predicted octanol–water partition coefficient (Wildman–Crippen LogP) is 1.29. The number of rotatable bonds is 3. The lowest BCUT2D eigenvalue weighted by Crippen LogP contribution is -2.24. The minimum atomic E-state index is 0.0914. The fourth-order valence-corrected chi connectivity index (χ4v) is 1.45. The summed E-state index contributed by atoms with van der Waals surface area (Å²) in [4.78, 5) is 0. The molecule has 0 saturated heterocycles. The van der Waals surface area contributed by atoms with Crippen LogP contribution in [0.1, 0.15) is 12.6 Å². The van der Waals surface area contributed by atoms with Crippen LogP contribution >= 0.6 is 15.9 Å². The van der Waals surface area contributed by atoms with Gasteiger partial charge in [-0.2, -0.15) is 5.10 Å². The summed E-state index contributed by atoms with van der Waals surface area (Å²) in [6.07, 6.45) is 5.24. The van der Waals surface area contributed by atoms with Crippen LogP contribution in [-0.2, 0) is 13.6 Å². The first-order valence-corrected chi connectivity index (χ1v) is 4.80. The summed E-state index contributed by atoms with van der Waals surface area (Å²) in [6.45, 7) is 2.69. The van der Waals surface area contributed by atoms with E-state index in [2.05, 4.69) is 32.3 Å². The van der Waals surface area contributed by atoms with Crippen molar-refractivity contribution in [1.29, 1.82) is 0 Å². The Kier molecular flexibility index (Phi) is 3.52. The van der Waals surface area contributed by atoms with Gasteiger partial charge in [-0.15, -0.1) is 6.42 Å². The Labute approximate surface area is 86.6 Å². The van der Waals surface area contributed by atoms with E-state index in [4.69, 9.17) is 6.42 Å². The smallest absolute Gasteiger partial charge is 0.128 e. The summed E-state index contributed by atoms with van der Waals surface area (Å²) >= 11 is 3.31. The molecule has 1 aromatic rings. The fraction of sp³-hybridized carbons (Fsp3) is 0.444. The van der Waals surface area contributed by atoms with Gasteiger partial charge in [0, 0.05) is 13.6 Å². The van der Waals surface area contributed by atoms with Crippen LogP contribution in [0.3, 0.4) is 0 Å². The van der Waals surface area contributed by atoms with Crippen molar-refractivity contribution >= 4 is 15.9 Å². The van der Waals surface area contributed by atoms with Gasteiger partial charge in [0.1, 0.15) is 4.60 Å². The van der Waals surface area contributed by atoms with Crippen LogP contribution < -0.4 is 5.32 Å². The number of hydrogen-bond acceptors (Lipinski definition) is 2. The van der Waals surface area contributed by atoms with Crippen molar-refractivity contribution in [3.05, 3.63) is 16.4 Å². The van der Waals surface area contributed by atoms with E-state index in [0.29, 0.717) is 0 Å². The molecule has 0 radical (unpaired) electrons. The molecule has 0 aliphatic heterocycles. The fourth-order valence-electron chi connectivity index (χ4n) is 0.949. The van der Waals surface area contributed by atoms with E-state index < -0.39 is 0 Å². The van der Waals surface area contributed by atoms with E-state index in [1.165, 1.54) is 0 Å². The van der Waals surface area contributed by atoms with Gasteiger partial charge in [-0.1, -0.05) is 5.92 Å². The van der Waals surface area contributed by atoms with Gasteiger partial charge >= 0.3 is 0 Å². The number of nitrogens with one attached hydrogen (secondary N) is 1. The molecule has 4 heteroatoms. The van der Waals surface area contributed by atoms with E-state index in [9.17, 15) is 0 Å². The van der Waals surface area contributed by atoms with Crippen molar-refractivity contribution in [3.63, 3.8) is 0 Å². The quantitative estimate of drug-likeness (QED) is 0.809. The Hall–Kier alpha value is -0.790. The highest BCUT2D eigenvalue weighted by Crippen LogP contribution is 2.08. The molecule has 1 N–H and O–H groups in total. The lowest BCUT2D eigenvalue weighted by Gasteiger charge is -2.06. The van der Waals surface area contributed by atoms with Gasteiger partial charge in [0.2, 0.25) is 0 Å². The highest BCUT2D eigenvalue weighted by Gasteiger charge is 2.03. The third-order valence-corrected chi connectivity index (χ3v) is 2.17. The van der Waals surface area contributed by atoms with Crippen LogP contribution in [0.5, 0.6) is 0 Å². The van der Waals surface area contributed by atoms with Crippen LogP contribution in [0.25, 0.3) is 0 Å². The van der Waals surface area contributed by atoms with E-state index in [-0.39, 0.29) is 6.04 Å². The second-order valence-electron chi connectivity index (χ2n) is 2.85. The summed E-state index contributed by atoms with van der Waals surface area (Å²) in [5, 5.41) is 7.34. The summed E-state index contributed by atoms with van der Waals surface area (Å²) < 4.78 is 2.67. The maximum Gasteiger partial charge on any atom is 0.128 e. The van der Waals surface area contributed by atoms with E-state index in [1.807, 2.05) is 24.7 Å². The minimum absolute atomic E-state index is 0.0914. The first-order valence-electron chi connectivity index (χ1n) is 4.01. The largest absolute Gasteiger partial charge is 0.298 e. The van der Waals surface area contributed by atoms with Crippen LogP contribution in [-0.4, -0.2) is 15.8 Å². The minimum Gasteiger partial charge on any atom is -0.298 e. The first kappa shape index (κ1) is 10.3. The Morgan fingerprint density at radius 2 is 2.54 bits per heavy atom. The van der Waals surface area contributed by atoms with Crippen molar-refractivity contribution < 1.29 is 0 Å². The summed E-state index contributed by atoms with van der Waals surface area (Å²) in [5.74, 6) is 2.61. The van der Waals surface area contributed by atoms with Crippen LogP contribution in [0.4, 0.5) is 0 Å². The molecule has 0 saturated carbocycles. The Balaban J connectivity index is 2.55. The topological polar surface area (TPSA) is 29.9 Å². The van der Waals surface area contributed by atoms with Crippen LogP contribution in [0.15, 0.2) is 10.7 Å². The number of nitrogens with zero attached hydrogens (tertiary/aromatic N) is 2. The van der Waals surface area contributed by atoms with E-state index in [1.54, 1.807) is 0 Å². The summed E-state index contributed by atoms with van der Waals surface area (Å²) in [5.41, 5.74) is 1.11. The average molecular weight is 242 g/mol. The van der Waals surface area contributed by atoms with E-state index in [0.717, 1.165) is 16.8 Å². The first-order chi connectivity index (χ1) is 6.13. The number of hydrogen-bond donors (Lipinski definition) is 1. The molecule has 1 heterocycles. The third-order valence-electron chi connectivity index (χ3n) is 1.79. The summed E-state index contributed by atoms with van der Waals surface area (Å²) in [7, 11) is 1.91. The van der Waals surface area contributed by atoms with Crippen LogP contribution in [0, 0.1) is 12.3 Å². The zero-order valence-electron chi connectivity index (χ0n) is 7.71. The van der Waals surface area contributed by atoms with Crippen LogP contribution in [0.2, 0.25) is 0 Å². The molecule has 0 bridgehead atoms. The predicted molar refractivity (Wildman–Crippen MR) is 56.0 cm³/mol. The standard InChI is InChI=1S/C9H12BrN3/c1-4-7(2)11-6-8-5-9(10)12-13(8)3/h1,5,7,11H,6H2,2-3H3. The van der Waals surface area contributed by atoms with Gasteiger partial charge in [0.05, 0.1) is 11.7 Å². The molecule has 1 rings (SSSR count). The van der Waals surface area contributed by atoms with Gasteiger partial charge < -0.3 is 0 Å². The molecule has 70 valence electrons. The third kappa shape index (κ3) is 2.87. The van der Waals surface area contributed by atoms with Crippen molar-refractivity contribution in [1.82, 2.24) is 15.1 Å². The molecule has 0 aliphatic carbocycles. The zero-order chi connectivity index (χ0) is 9.84. The molecular weight excluding hydrogens is 230 g/mol. The van der Waals surface area contributed by atoms with Gasteiger partial charge in [0.25, 0.3) is 0 Å². The van der Waals surface area contributed by atoms with Gasteiger partial charge in [-0.25, -0.2) is 0 Å². The maximum absolute atomic E-state index is 5.24. The second kappa shape index (κ2) is 4.45. The second-order valence-corrected chi connectivity index (χ2v) is 3.66. The molecular formula is C9H12BrN3. The highest BCUT2D eigenvalue weighted by atomic mass is 79.9. The Morgan fingerprint density at radius 3 is 3.00 bits per heavy atom. The molecule has 0 amide bonds. The zero-order valence-corrected chi connectivity index (χ0v) is 9.30. The lowest BCUT2D eigenvalue weighted by molar-refractivity contribution is 0.600. The van der Waals surface area contributed by atoms with Gasteiger partial charge in [-0.3, -0.25) is 10.00 Å². The van der Waals surface area contributed by atoms with Gasteiger partial charge in [0.15, 0.2) is 0 Å². The molecule has 0 aromatic carbocycles. The molecule has 1 unspecified atom stereocenters. The molecule has 13 heavy (non-hydrogen) atoms. The summed E-state index contributed by atoms with van der Waals surface area (Å²) in [6, 6.07) is 2.06. The monoisotopic (exact) mass is 241 g/mol. The molecule has 0 spiro atoms. The Bertz CT molecular complexity index is 324. The van der Waals surface area contributed by atoms with Crippen molar-refractivity contribution in [2.24, 2.45) is 7.05 Å². The van der Waals surface area contributed by atoms with Crippen molar-refractivity contribution in [2.45, 2.75) is 19.5 Å². The molecule has 1 atom stereocenters. The number of aryl methyl sites for hydroxylation is 1. The molecule has 1 aromatic heterocycles. The lowest BCUT2D eigenvalue weighted by atomic mass is 10.3. The normalized spacial score (nSPS) is 12.5. The molecule has 0 aliphatic rings. The number of terminal acetylenes is 1. The van der Waals surface area contributed by atoms with Crippen molar-refractivity contribution in [3.8, 4) is 12.3 Å². The Morgan fingerprint density at radius 1 is 1.85 bits per heavy atom. The highest BCUT2D eigenvalue weighted by molar-refractivity contribution is 9.10. The number of halogens is 1. The number of aromatic nitrogens is 2. The molecule has 3 nitrogen and oxygen atoms in total. The maximum atomic E-state index is 5.24. The van der Waals surface area contributed by atoms with E-state index >= 15 is 0 Å². The van der Waals surface area contributed by atoms with Crippen molar-refractivity contribution in [2.75, 3.05) is 0 Å².